The maximum absolute atomic E-state index is 12.3. The third kappa shape index (κ3) is 3.67. The Labute approximate surface area is 151 Å². The van der Waals surface area contributed by atoms with E-state index >= 15 is 0 Å². The van der Waals surface area contributed by atoms with Crippen LogP contribution in [0.4, 0.5) is 16.2 Å². The molecule has 0 aromatic heterocycles. The summed E-state index contributed by atoms with van der Waals surface area (Å²) >= 11 is 0. The zero-order valence-corrected chi connectivity index (χ0v) is 14.2. The first kappa shape index (κ1) is 16.1. The molecule has 1 aliphatic carbocycles. The minimum atomic E-state index is -0.323. The number of hydrogen-bond donors (Lipinski definition) is 3. The molecule has 1 aliphatic rings. The lowest BCUT2D eigenvalue weighted by Gasteiger charge is -2.10. The summed E-state index contributed by atoms with van der Waals surface area (Å²) in [6.07, 6.45) is 2.11. The summed E-state index contributed by atoms with van der Waals surface area (Å²) in [5.74, 6) is -0.0701. The van der Waals surface area contributed by atoms with E-state index in [9.17, 15) is 9.59 Å². The van der Waals surface area contributed by atoms with E-state index in [0.29, 0.717) is 17.3 Å². The van der Waals surface area contributed by atoms with Crippen LogP contribution in [0, 0.1) is 0 Å². The number of fused-ring (bicyclic) bond motifs is 1. The minimum absolute atomic E-state index is 0.0701. The van der Waals surface area contributed by atoms with E-state index in [0.717, 1.165) is 29.3 Å². The van der Waals surface area contributed by atoms with Crippen LogP contribution >= 0.6 is 0 Å². The maximum Gasteiger partial charge on any atom is 0.323 e. The highest BCUT2D eigenvalue weighted by Crippen LogP contribution is 2.23. The maximum atomic E-state index is 12.3. The lowest BCUT2D eigenvalue weighted by molar-refractivity contribution is 0.0951. The topological polar surface area (TPSA) is 70.2 Å². The number of amides is 3. The van der Waals surface area contributed by atoms with Crippen molar-refractivity contribution >= 4 is 34.1 Å². The number of hydrogen-bond acceptors (Lipinski definition) is 2. The Morgan fingerprint density at radius 1 is 0.808 bits per heavy atom. The third-order valence-electron chi connectivity index (χ3n) is 4.36. The third-order valence-corrected chi connectivity index (χ3v) is 4.36. The van der Waals surface area contributed by atoms with Gasteiger partial charge in [-0.25, -0.2) is 4.79 Å². The molecular weight excluding hydrogens is 326 g/mol. The Morgan fingerprint density at radius 2 is 1.54 bits per heavy atom. The van der Waals surface area contributed by atoms with Crippen molar-refractivity contribution in [2.24, 2.45) is 0 Å². The average Bonchev–Trinajstić information content (AvgIpc) is 3.46. The number of anilines is 2. The van der Waals surface area contributed by atoms with Crippen LogP contribution in [0.1, 0.15) is 23.2 Å². The van der Waals surface area contributed by atoms with E-state index in [1.165, 1.54) is 0 Å². The number of rotatable bonds is 4. The fraction of sp³-hybridized carbons (Fsp3) is 0.143. The van der Waals surface area contributed by atoms with Crippen LogP contribution in [0.15, 0.2) is 66.7 Å². The first-order chi connectivity index (χ1) is 12.7. The minimum Gasteiger partial charge on any atom is -0.349 e. The number of carbonyl (C=O) groups excluding carboxylic acids is 2. The molecule has 1 saturated carbocycles. The summed E-state index contributed by atoms with van der Waals surface area (Å²) < 4.78 is 0. The van der Waals surface area contributed by atoms with Crippen molar-refractivity contribution in [2.75, 3.05) is 10.6 Å². The van der Waals surface area contributed by atoms with Crippen LogP contribution in [0.25, 0.3) is 10.8 Å². The first-order valence-corrected chi connectivity index (χ1v) is 8.66. The molecule has 3 aromatic carbocycles. The molecule has 3 N–H and O–H groups in total. The van der Waals surface area contributed by atoms with Crippen LogP contribution < -0.4 is 16.0 Å². The van der Waals surface area contributed by atoms with Gasteiger partial charge in [-0.05, 0) is 48.6 Å². The van der Waals surface area contributed by atoms with E-state index in [4.69, 9.17) is 0 Å². The number of benzene rings is 3. The largest absolute Gasteiger partial charge is 0.349 e. The van der Waals surface area contributed by atoms with Crippen LogP contribution in [0.3, 0.4) is 0 Å². The van der Waals surface area contributed by atoms with Gasteiger partial charge in [-0.3, -0.25) is 4.79 Å². The molecule has 0 spiro atoms. The second kappa shape index (κ2) is 6.88. The fourth-order valence-corrected chi connectivity index (χ4v) is 2.82. The Kier molecular flexibility index (Phi) is 4.27. The SMILES string of the molecule is O=C(Nc1ccc(C(=O)NC2CC2)cc1)Nc1cccc2ccccc12. The van der Waals surface area contributed by atoms with E-state index < -0.39 is 0 Å². The van der Waals surface area contributed by atoms with Crippen LogP contribution in [0.2, 0.25) is 0 Å². The van der Waals surface area contributed by atoms with Crippen molar-refractivity contribution in [2.45, 2.75) is 18.9 Å². The summed E-state index contributed by atoms with van der Waals surface area (Å²) in [6, 6.07) is 20.5. The lowest BCUT2D eigenvalue weighted by Crippen LogP contribution is -2.25. The molecule has 0 aliphatic heterocycles. The molecule has 5 nitrogen and oxygen atoms in total. The standard InChI is InChI=1S/C21H19N3O2/c25-20(22-16-12-13-16)15-8-10-17(11-9-15)23-21(26)24-19-7-3-5-14-4-1-2-6-18(14)19/h1-11,16H,12-13H2,(H,22,25)(H2,23,24,26). The van der Waals surface area contributed by atoms with Crippen LogP contribution in [0.5, 0.6) is 0 Å². The average molecular weight is 345 g/mol. The number of urea groups is 1. The monoisotopic (exact) mass is 345 g/mol. The van der Waals surface area contributed by atoms with E-state index in [1.54, 1.807) is 24.3 Å². The Bertz CT molecular complexity index is 957. The molecule has 0 radical (unpaired) electrons. The van der Waals surface area contributed by atoms with Gasteiger partial charge >= 0.3 is 6.03 Å². The predicted octanol–water partition coefficient (Wildman–Crippen LogP) is 4.38. The highest BCUT2D eigenvalue weighted by molar-refractivity contribution is 6.06. The second-order valence-corrected chi connectivity index (χ2v) is 6.43. The van der Waals surface area contributed by atoms with Crippen molar-refractivity contribution in [3.63, 3.8) is 0 Å². The Hall–Kier alpha value is -3.34. The van der Waals surface area contributed by atoms with Crippen molar-refractivity contribution in [3.05, 3.63) is 72.3 Å². The van der Waals surface area contributed by atoms with Gasteiger partial charge in [-0.2, -0.15) is 0 Å². The number of carbonyl (C=O) groups is 2. The second-order valence-electron chi connectivity index (χ2n) is 6.43. The van der Waals surface area contributed by atoms with Crippen molar-refractivity contribution in [1.29, 1.82) is 0 Å². The van der Waals surface area contributed by atoms with E-state index in [-0.39, 0.29) is 11.9 Å². The molecule has 3 amide bonds. The van der Waals surface area contributed by atoms with Gasteiger partial charge in [0, 0.05) is 22.7 Å². The van der Waals surface area contributed by atoms with Gasteiger partial charge in [0.05, 0.1) is 5.69 Å². The highest BCUT2D eigenvalue weighted by atomic mass is 16.2. The summed E-state index contributed by atoms with van der Waals surface area (Å²) in [4.78, 5) is 24.3. The summed E-state index contributed by atoms with van der Waals surface area (Å²) in [5, 5.41) is 10.7. The van der Waals surface area contributed by atoms with E-state index in [1.807, 2.05) is 42.5 Å². The van der Waals surface area contributed by atoms with Crippen molar-refractivity contribution in [1.82, 2.24) is 5.32 Å². The fourth-order valence-electron chi connectivity index (χ4n) is 2.82. The van der Waals surface area contributed by atoms with Crippen molar-refractivity contribution in [3.8, 4) is 0 Å². The lowest BCUT2D eigenvalue weighted by atomic mass is 10.1. The van der Waals surface area contributed by atoms with Gasteiger partial charge in [0.2, 0.25) is 0 Å². The smallest absolute Gasteiger partial charge is 0.323 e. The van der Waals surface area contributed by atoms with Gasteiger partial charge in [0.15, 0.2) is 0 Å². The molecule has 0 atom stereocenters. The number of nitrogens with one attached hydrogen (secondary N) is 3. The molecule has 26 heavy (non-hydrogen) atoms. The Morgan fingerprint density at radius 3 is 2.31 bits per heavy atom. The normalized spacial score (nSPS) is 13.2. The summed E-state index contributed by atoms with van der Waals surface area (Å²) in [7, 11) is 0. The first-order valence-electron chi connectivity index (χ1n) is 8.66. The van der Waals surface area contributed by atoms with Gasteiger partial charge < -0.3 is 16.0 Å². The van der Waals surface area contributed by atoms with Gasteiger partial charge in [-0.1, -0.05) is 36.4 Å². The molecule has 130 valence electrons. The molecule has 5 heteroatoms. The zero-order valence-electron chi connectivity index (χ0n) is 14.2. The van der Waals surface area contributed by atoms with E-state index in [2.05, 4.69) is 16.0 Å². The molecular formula is C21H19N3O2. The van der Waals surface area contributed by atoms with Crippen LogP contribution in [-0.4, -0.2) is 18.0 Å². The predicted molar refractivity (Wildman–Crippen MR) is 104 cm³/mol. The quantitative estimate of drug-likeness (QED) is 0.657. The molecule has 3 aromatic rings. The van der Waals surface area contributed by atoms with Gasteiger partial charge in [0.25, 0.3) is 5.91 Å². The molecule has 4 rings (SSSR count). The molecule has 1 fully saturated rings. The van der Waals surface area contributed by atoms with Crippen molar-refractivity contribution < 1.29 is 9.59 Å². The summed E-state index contributed by atoms with van der Waals surface area (Å²) in [5.41, 5.74) is 1.98. The molecule has 0 heterocycles. The molecule has 0 unspecified atom stereocenters. The Balaban J connectivity index is 1.42. The van der Waals surface area contributed by atoms with Gasteiger partial charge in [0.1, 0.15) is 0 Å². The highest BCUT2D eigenvalue weighted by Gasteiger charge is 2.23. The molecule has 0 saturated heterocycles. The zero-order chi connectivity index (χ0) is 17.9. The van der Waals surface area contributed by atoms with Gasteiger partial charge in [-0.15, -0.1) is 0 Å². The van der Waals surface area contributed by atoms with Crippen LogP contribution in [-0.2, 0) is 0 Å². The molecule has 0 bridgehead atoms. The summed E-state index contributed by atoms with van der Waals surface area (Å²) in [6.45, 7) is 0.